The second-order valence-corrected chi connectivity index (χ2v) is 4.18. The molecule has 0 aliphatic rings. The lowest BCUT2D eigenvalue weighted by Gasteiger charge is -1.93. The van der Waals surface area contributed by atoms with E-state index in [0.717, 1.165) is 0 Å². The van der Waals surface area contributed by atoms with Crippen molar-refractivity contribution in [2.75, 3.05) is 11.3 Å². The van der Waals surface area contributed by atoms with E-state index in [1.54, 1.807) is 6.26 Å². The SMILES string of the molecule is CSCSOS(=O)(=O)O. The summed E-state index contributed by atoms with van der Waals surface area (Å²) in [6.45, 7) is 0. The molecule has 0 unspecified atom stereocenters. The molecule has 0 heterocycles. The van der Waals surface area contributed by atoms with Crippen LogP contribution in [0.25, 0.3) is 0 Å². The van der Waals surface area contributed by atoms with Crippen LogP contribution in [-0.4, -0.2) is 24.3 Å². The van der Waals surface area contributed by atoms with E-state index in [0.29, 0.717) is 17.1 Å². The predicted octanol–water partition coefficient (Wildman–Crippen LogP) is 0.774. The van der Waals surface area contributed by atoms with Gasteiger partial charge >= 0.3 is 10.4 Å². The van der Waals surface area contributed by atoms with Crippen LogP contribution in [0.1, 0.15) is 0 Å². The van der Waals surface area contributed by atoms with Crippen molar-refractivity contribution in [3.63, 3.8) is 0 Å². The number of rotatable bonds is 4. The molecule has 56 valence electrons. The average Bonchev–Trinajstić information content (AvgIpc) is 1.63. The number of hydrogen-bond acceptors (Lipinski definition) is 5. The number of hydrogen-bond donors (Lipinski definition) is 1. The largest absolute Gasteiger partial charge is 0.408 e. The van der Waals surface area contributed by atoms with Crippen molar-refractivity contribution >= 4 is 34.2 Å². The third kappa shape index (κ3) is 8.57. The first-order valence-corrected chi connectivity index (χ1v) is 5.50. The Bertz CT molecular complexity index is 149. The Morgan fingerprint density at radius 1 is 1.67 bits per heavy atom. The smallest absolute Gasteiger partial charge is 0.263 e. The Morgan fingerprint density at radius 2 is 2.22 bits per heavy atom. The van der Waals surface area contributed by atoms with Crippen molar-refractivity contribution in [2.45, 2.75) is 0 Å². The lowest BCUT2D eigenvalue weighted by molar-refractivity contribution is 0.408. The Morgan fingerprint density at radius 3 is 2.56 bits per heavy atom. The molecule has 0 spiro atoms. The predicted molar refractivity (Wildman–Crippen MR) is 38.6 cm³/mol. The van der Waals surface area contributed by atoms with Gasteiger partial charge in [0, 0.05) is 12.0 Å². The highest BCUT2D eigenvalue weighted by molar-refractivity contribution is 8.15. The molecule has 0 radical (unpaired) electrons. The second kappa shape index (κ2) is 4.40. The Balaban J connectivity index is 3.30. The van der Waals surface area contributed by atoms with Gasteiger partial charge in [0.1, 0.15) is 0 Å². The number of thioether (sulfide) groups is 1. The van der Waals surface area contributed by atoms with Gasteiger partial charge in [-0.25, -0.2) is 0 Å². The molecule has 0 aliphatic heterocycles. The van der Waals surface area contributed by atoms with Crippen LogP contribution in [0.15, 0.2) is 0 Å². The molecular formula is C2H6O4S3. The quantitative estimate of drug-likeness (QED) is 0.306. The lowest BCUT2D eigenvalue weighted by atomic mass is 11.9. The van der Waals surface area contributed by atoms with Gasteiger partial charge in [0.2, 0.25) is 0 Å². The second-order valence-electron chi connectivity index (χ2n) is 1.02. The molecule has 0 amide bonds. The summed E-state index contributed by atoms with van der Waals surface area (Å²) in [5, 5.41) is 0.472. The zero-order valence-corrected chi connectivity index (χ0v) is 7.05. The van der Waals surface area contributed by atoms with Crippen LogP contribution in [0.4, 0.5) is 0 Å². The van der Waals surface area contributed by atoms with E-state index in [1.807, 2.05) is 0 Å². The van der Waals surface area contributed by atoms with E-state index >= 15 is 0 Å². The highest BCUT2D eigenvalue weighted by atomic mass is 32.3. The first kappa shape index (κ1) is 9.57. The molecule has 0 aromatic heterocycles. The molecule has 9 heavy (non-hydrogen) atoms. The minimum Gasteiger partial charge on any atom is -0.263 e. The van der Waals surface area contributed by atoms with Gasteiger partial charge in [-0.05, 0) is 6.26 Å². The zero-order valence-electron chi connectivity index (χ0n) is 4.60. The molecular weight excluding hydrogens is 184 g/mol. The fourth-order valence-corrected chi connectivity index (χ4v) is 1.51. The molecule has 0 atom stereocenters. The normalized spacial score (nSPS) is 11.8. The van der Waals surface area contributed by atoms with Crippen molar-refractivity contribution in [1.82, 2.24) is 0 Å². The van der Waals surface area contributed by atoms with Crippen LogP contribution in [-0.2, 0) is 14.0 Å². The molecule has 0 fully saturated rings. The summed E-state index contributed by atoms with van der Waals surface area (Å²) < 4.78 is 31.5. The van der Waals surface area contributed by atoms with E-state index in [4.69, 9.17) is 4.55 Å². The summed E-state index contributed by atoms with van der Waals surface area (Å²) in [6, 6.07) is 0. The van der Waals surface area contributed by atoms with Crippen LogP contribution < -0.4 is 0 Å². The molecule has 0 saturated heterocycles. The lowest BCUT2D eigenvalue weighted by Crippen LogP contribution is -1.96. The summed E-state index contributed by atoms with van der Waals surface area (Å²) >= 11 is 2.09. The summed E-state index contributed by atoms with van der Waals surface area (Å²) in [4.78, 5) is 0. The van der Waals surface area contributed by atoms with Gasteiger partial charge in [-0.1, -0.05) is 0 Å². The third-order valence-corrected chi connectivity index (χ3v) is 2.70. The van der Waals surface area contributed by atoms with Crippen molar-refractivity contribution < 1.29 is 16.6 Å². The molecule has 0 rings (SSSR count). The Hall–Kier alpha value is 0.570. The van der Waals surface area contributed by atoms with Gasteiger partial charge in [-0.3, -0.25) is 4.55 Å². The molecule has 7 heteroatoms. The topological polar surface area (TPSA) is 63.6 Å². The average molecular weight is 190 g/mol. The van der Waals surface area contributed by atoms with Crippen LogP contribution in [0.2, 0.25) is 0 Å². The Labute approximate surface area is 62.5 Å². The van der Waals surface area contributed by atoms with Gasteiger partial charge in [-0.15, -0.1) is 0 Å². The molecule has 0 aromatic rings. The van der Waals surface area contributed by atoms with Crippen LogP contribution >= 0.6 is 23.8 Å². The van der Waals surface area contributed by atoms with Crippen LogP contribution in [0.5, 0.6) is 0 Å². The van der Waals surface area contributed by atoms with E-state index in [-0.39, 0.29) is 0 Å². The maximum absolute atomic E-state index is 9.81. The first-order chi connectivity index (χ1) is 4.06. The fourth-order valence-electron chi connectivity index (χ4n) is 0.129. The minimum atomic E-state index is -4.25. The zero-order chi connectivity index (χ0) is 7.33. The van der Waals surface area contributed by atoms with E-state index in [1.165, 1.54) is 11.8 Å². The standard InChI is InChI=1S/C2H6O4S3/c1-7-2-8-6-9(3,4)5/h2H2,1H3,(H,3,4,5). The Kier molecular flexibility index (Phi) is 4.67. The highest BCUT2D eigenvalue weighted by Gasteiger charge is 2.02. The summed E-state index contributed by atoms with van der Waals surface area (Å²) in [6.07, 6.45) is 1.79. The van der Waals surface area contributed by atoms with Crippen molar-refractivity contribution in [1.29, 1.82) is 0 Å². The van der Waals surface area contributed by atoms with Gasteiger partial charge in [0.05, 0.1) is 5.08 Å². The maximum atomic E-state index is 9.81. The van der Waals surface area contributed by atoms with Crippen LogP contribution in [0, 0.1) is 0 Å². The van der Waals surface area contributed by atoms with Gasteiger partial charge in [0.15, 0.2) is 0 Å². The molecule has 0 aromatic carbocycles. The summed E-state index contributed by atoms with van der Waals surface area (Å²) in [5.74, 6) is 0. The van der Waals surface area contributed by atoms with E-state index in [2.05, 4.69) is 3.63 Å². The van der Waals surface area contributed by atoms with E-state index < -0.39 is 10.4 Å². The third-order valence-electron chi connectivity index (χ3n) is 0.300. The highest BCUT2D eigenvalue weighted by Crippen LogP contribution is 2.11. The van der Waals surface area contributed by atoms with Gasteiger partial charge < -0.3 is 0 Å². The first-order valence-electron chi connectivity index (χ1n) is 1.83. The fraction of sp³-hybridized carbons (Fsp3) is 1.00. The van der Waals surface area contributed by atoms with Crippen molar-refractivity contribution in [2.24, 2.45) is 0 Å². The summed E-state index contributed by atoms with van der Waals surface area (Å²) in [5.41, 5.74) is 0. The van der Waals surface area contributed by atoms with Crippen LogP contribution in [0.3, 0.4) is 0 Å². The molecule has 0 aliphatic carbocycles. The molecule has 0 saturated carbocycles. The molecule has 4 nitrogen and oxygen atoms in total. The molecule has 0 bridgehead atoms. The summed E-state index contributed by atoms with van der Waals surface area (Å²) in [7, 11) is -4.25. The van der Waals surface area contributed by atoms with Crippen molar-refractivity contribution in [3.05, 3.63) is 0 Å². The van der Waals surface area contributed by atoms with Crippen molar-refractivity contribution in [3.8, 4) is 0 Å². The van der Waals surface area contributed by atoms with Gasteiger partial charge in [-0.2, -0.15) is 23.8 Å². The van der Waals surface area contributed by atoms with Gasteiger partial charge in [0.25, 0.3) is 0 Å². The monoisotopic (exact) mass is 190 g/mol. The maximum Gasteiger partial charge on any atom is 0.408 e. The minimum absolute atomic E-state index is 0.472. The van der Waals surface area contributed by atoms with E-state index in [9.17, 15) is 8.42 Å². The molecule has 1 N–H and O–H groups in total.